The summed E-state index contributed by atoms with van der Waals surface area (Å²) < 4.78 is 28.1. The first kappa shape index (κ1) is 10.2. The van der Waals surface area contributed by atoms with E-state index in [1.165, 1.54) is 0 Å². The average molecular weight is 190 g/mol. The molecule has 1 fully saturated rings. The van der Waals surface area contributed by atoms with E-state index in [1.807, 2.05) is 0 Å². The molecule has 0 spiro atoms. The van der Waals surface area contributed by atoms with E-state index in [-0.39, 0.29) is 12.0 Å². The molecule has 1 rings (SSSR count). The Hall–Kier alpha value is -0.930. The quantitative estimate of drug-likeness (QED) is 0.505. The molecule has 0 bridgehead atoms. The molecule has 1 aliphatic rings. The highest BCUT2D eigenvalue weighted by molar-refractivity contribution is 5.54. The molecular formula is C9H12F2O2. The van der Waals surface area contributed by atoms with Gasteiger partial charge in [-0.1, -0.05) is 6.42 Å². The van der Waals surface area contributed by atoms with Gasteiger partial charge >= 0.3 is 6.08 Å². The summed E-state index contributed by atoms with van der Waals surface area (Å²) in [7, 11) is 0. The minimum absolute atomic E-state index is 0.218. The molecule has 2 atom stereocenters. The topological polar surface area (TPSA) is 26.3 Å². The second kappa shape index (κ2) is 4.94. The molecule has 0 aromatic rings. The Labute approximate surface area is 75.6 Å². The lowest BCUT2D eigenvalue weighted by Gasteiger charge is -2.26. The van der Waals surface area contributed by atoms with Gasteiger partial charge in [-0.25, -0.2) is 0 Å². The molecule has 0 heterocycles. The molecule has 1 saturated carbocycles. The van der Waals surface area contributed by atoms with Crippen LogP contribution >= 0.6 is 0 Å². The fourth-order valence-corrected chi connectivity index (χ4v) is 1.59. The van der Waals surface area contributed by atoms with E-state index in [1.54, 1.807) is 0 Å². The molecule has 0 aromatic carbocycles. The first-order chi connectivity index (χ1) is 6.24. The van der Waals surface area contributed by atoms with Crippen molar-refractivity contribution in [2.24, 2.45) is 5.92 Å². The van der Waals surface area contributed by atoms with Crippen LogP contribution in [0.2, 0.25) is 0 Å². The van der Waals surface area contributed by atoms with Crippen LogP contribution in [0.3, 0.4) is 0 Å². The van der Waals surface area contributed by atoms with Gasteiger partial charge in [0.1, 0.15) is 18.7 Å². The summed E-state index contributed by atoms with van der Waals surface area (Å²) in [6, 6.07) is 0. The summed E-state index contributed by atoms with van der Waals surface area (Å²) in [4.78, 5) is 10.5. The third-order valence-corrected chi connectivity index (χ3v) is 2.26. The molecule has 0 unspecified atom stereocenters. The Morgan fingerprint density at radius 3 is 2.62 bits per heavy atom. The van der Waals surface area contributed by atoms with Gasteiger partial charge in [0.15, 0.2) is 0 Å². The van der Waals surface area contributed by atoms with Crippen molar-refractivity contribution in [3.05, 3.63) is 12.3 Å². The second-order valence-electron chi connectivity index (χ2n) is 3.17. The molecule has 0 saturated heterocycles. The summed E-state index contributed by atoms with van der Waals surface area (Å²) in [5.41, 5.74) is 0. The van der Waals surface area contributed by atoms with Gasteiger partial charge in [0.25, 0.3) is 0 Å². The monoisotopic (exact) mass is 190 g/mol. The lowest BCUT2D eigenvalue weighted by Crippen LogP contribution is -2.27. The zero-order valence-corrected chi connectivity index (χ0v) is 7.21. The van der Waals surface area contributed by atoms with Gasteiger partial charge < -0.3 is 9.53 Å². The lowest BCUT2D eigenvalue weighted by atomic mass is 9.87. The minimum atomic E-state index is -1.85. The molecule has 74 valence electrons. The maximum Gasteiger partial charge on any atom is 0.304 e. The fraction of sp³-hybridized carbons (Fsp3) is 0.667. The zero-order valence-electron chi connectivity index (χ0n) is 7.21. The molecule has 0 aliphatic heterocycles. The number of hydrogen-bond donors (Lipinski definition) is 0. The normalized spacial score (nSPS) is 27.8. The molecular weight excluding hydrogens is 178 g/mol. The van der Waals surface area contributed by atoms with Crippen molar-refractivity contribution in [1.82, 2.24) is 0 Å². The predicted octanol–water partition coefficient (Wildman–Crippen LogP) is 2.50. The van der Waals surface area contributed by atoms with Crippen molar-refractivity contribution in [3.8, 4) is 0 Å². The van der Waals surface area contributed by atoms with Gasteiger partial charge in [-0.15, -0.1) is 0 Å². The maximum absolute atomic E-state index is 11.7. The second-order valence-corrected chi connectivity index (χ2v) is 3.17. The van der Waals surface area contributed by atoms with Crippen LogP contribution in [-0.2, 0) is 9.53 Å². The molecule has 0 amide bonds. The number of hydrogen-bond acceptors (Lipinski definition) is 2. The predicted molar refractivity (Wildman–Crippen MR) is 43.2 cm³/mol. The highest BCUT2D eigenvalue weighted by atomic mass is 19.3. The van der Waals surface area contributed by atoms with Crippen molar-refractivity contribution in [3.63, 3.8) is 0 Å². The maximum atomic E-state index is 11.7. The molecule has 4 heteroatoms. The first-order valence-corrected chi connectivity index (χ1v) is 4.36. The zero-order chi connectivity index (χ0) is 9.68. The van der Waals surface area contributed by atoms with Gasteiger partial charge in [-0.05, 0) is 19.3 Å². The van der Waals surface area contributed by atoms with E-state index in [0.717, 1.165) is 25.5 Å². The minimum Gasteiger partial charge on any atom is -0.492 e. The fourth-order valence-electron chi connectivity index (χ4n) is 1.59. The van der Waals surface area contributed by atoms with Crippen LogP contribution in [0.15, 0.2) is 12.3 Å². The Kier molecular flexibility index (Phi) is 3.86. The van der Waals surface area contributed by atoms with Gasteiger partial charge in [-0.3, -0.25) is 0 Å². The van der Waals surface area contributed by atoms with E-state index in [2.05, 4.69) is 0 Å². The van der Waals surface area contributed by atoms with Crippen molar-refractivity contribution < 1.29 is 18.3 Å². The van der Waals surface area contributed by atoms with E-state index in [0.29, 0.717) is 12.7 Å². The van der Waals surface area contributed by atoms with Gasteiger partial charge in [0, 0.05) is 0 Å². The average Bonchev–Trinajstić information content (AvgIpc) is 2.15. The van der Waals surface area contributed by atoms with Crippen LogP contribution in [0.5, 0.6) is 0 Å². The summed E-state index contributed by atoms with van der Waals surface area (Å²) in [5.74, 6) is -0.218. The summed E-state index contributed by atoms with van der Waals surface area (Å²) in [5, 5.41) is 0. The Bertz CT molecular complexity index is 200. The number of aldehydes is 1. The summed E-state index contributed by atoms with van der Waals surface area (Å²) >= 11 is 0. The molecule has 13 heavy (non-hydrogen) atoms. The number of halogens is 2. The number of carbonyl (C=O) groups is 1. The Morgan fingerprint density at radius 2 is 2.00 bits per heavy atom. The molecule has 2 nitrogen and oxygen atoms in total. The lowest BCUT2D eigenvalue weighted by molar-refractivity contribution is -0.116. The standard InChI is InChI=1S/C9H12F2O2/c10-9(11)6-13-8-4-2-1-3-7(8)5-12/h5-8H,1-4H2/t7-,8+/m0/s1. The largest absolute Gasteiger partial charge is 0.492 e. The Morgan fingerprint density at radius 1 is 1.31 bits per heavy atom. The van der Waals surface area contributed by atoms with E-state index in [4.69, 9.17) is 4.74 Å². The van der Waals surface area contributed by atoms with Crippen LogP contribution < -0.4 is 0 Å². The smallest absolute Gasteiger partial charge is 0.304 e. The van der Waals surface area contributed by atoms with Crippen LogP contribution in [-0.4, -0.2) is 12.4 Å². The Balaban J connectivity index is 2.45. The van der Waals surface area contributed by atoms with E-state index < -0.39 is 6.08 Å². The molecule has 0 radical (unpaired) electrons. The van der Waals surface area contributed by atoms with Crippen LogP contribution in [0.4, 0.5) is 8.78 Å². The van der Waals surface area contributed by atoms with Crippen molar-refractivity contribution in [2.75, 3.05) is 0 Å². The number of ether oxygens (including phenoxy) is 1. The highest BCUT2D eigenvalue weighted by Gasteiger charge is 2.25. The molecule has 0 N–H and O–H groups in total. The number of rotatable bonds is 3. The first-order valence-electron chi connectivity index (χ1n) is 4.36. The van der Waals surface area contributed by atoms with Crippen molar-refractivity contribution >= 4 is 6.29 Å². The summed E-state index contributed by atoms with van der Waals surface area (Å²) in [6.45, 7) is 0. The molecule has 0 aromatic heterocycles. The van der Waals surface area contributed by atoms with Crippen molar-refractivity contribution in [2.45, 2.75) is 31.8 Å². The third kappa shape index (κ3) is 3.13. The van der Waals surface area contributed by atoms with Crippen molar-refractivity contribution in [1.29, 1.82) is 0 Å². The number of carbonyl (C=O) groups excluding carboxylic acids is 1. The van der Waals surface area contributed by atoms with Crippen LogP contribution in [0, 0.1) is 5.92 Å². The third-order valence-electron chi connectivity index (χ3n) is 2.26. The van der Waals surface area contributed by atoms with E-state index in [9.17, 15) is 13.6 Å². The van der Waals surface area contributed by atoms with Gasteiger partial charge in [0.2, 0.25) is 0 Å². The summed E-state index contributed by atoms with van der Waals surface area (Å²) in [6.07, 6.45) is 2.38. The highest BCUT2D eigenvalue weighted by Crippen LogP contribution is 2.25. The van der Waals surface area contributed by atoms with Gasteiger partial charge in [0.05, 0.1) is 5.92 Å². The van der Waals surface area contributed by atoms with Crippen LogP contribution in [0.1, 0.15) is 25.7 Å². The molecule has 1 aliphatic carbocycles. The van der Waals surface area contributed by atoms with E-state index >= 15 is 0 Å². The van der Waals surface area contributed by atoms with Gasteiger partial charge in [-0.2, -0.15) is 8.78 Å². The SMILES string of the molecule is O=C[C@@H]1CCCC[C@H]1OC=C(F)F. The van der Waals surface area contributed by atoms with Crippen LogP contribution in [0.25, 0.3) is 0 Å².